The van der Waals surface area contributed by atoms with Crippen molar-refractivity contribution < 1.29 is 8.42 Å². The number of aliphatic imine (C=N–C) groups is 1. The van der Waals surface area contributed by atoms with Crippen LogP contribution in [0.3, 0.4) is 0 Å². The van der Waals surface area contributed by atoms with Gasteiger partial charge in [0.2, 0.25) is 10.0 Å². The molecule has 0 bridgehead atoms. The molecule has 1 aromatic heterocycles. The van der Waals surface area contributed by atoms with E-state index in [0.29, 0.717) is 17.3 Å². The van der Waals surface area contributed by atoms with Crippen molar-refractivity contribution in [3.05, 3.63) is 17.5 Å². The summed E-state index contributed by atoms with van der Waals surface area (Å²) in [6.07, 6.45) is 2.38. The van der Waals surface area contributed by atoms with Gasteiger partial charge in [0, 0.05) is 26.2 Å². The van der Waals surface area contributed by atoms with E-state index < -0.39 is 10.0 Å². The fourth-order valence-electron chi connectivity index (χ4n) is 2.18. The number of thiophene rings is 1. The molecule has 118 valence electrons. The van der Waals surface area contributed by atoms with E-state index in [1.807, 2.05) is 6.92 Å². The maximum absolute atomic E-state index is 11.9. The van der Waals surface area contributed by atoms with Gasteiger partial charge in [0.25, 0.3) is 0 Å². The molecule has 0 amide bonds. The highest BCUT2D eigenvalue weighted by Crippen LogP contribution is 2.14. The van der Waals surface area contributed by atoms with Gasteiger partial charge in [-0.15, -0.1) is 11.3 Å². The molecule has 1 fully saturated rings. The molecule has 1 aromatic rings. The maximum atomic E-state index is 11.9. The van der Waals surface area contributed by atoms with Crippen molar-refractivity contribution >= 4 is 27.3 Å². The van der Waals surface area contributed by atoms with E-state index in [1.165, 1.54) is 24.2 Å². The monoisotopic (exact) mass is 330 g/mol. The van der Waals surface area contributed by atoms with Crippen LogP contribution >= 0.6 is 11.3 Å². The first-order valence-electron chi connectivity index (χ1n) is 7.20. The minimum Gasteiger partial charge on any atom is -0.357 e. The third-order valence-corrected chi connectivity index (χ3v) is 6.02. The van der Waals surface area contributed by atoms with E-state index >= 15 is 0 Å². The minimum absolute atomic E-state index is 0.308. The van der Waals surface area contributed by atoms with Crippen molar-refractivity contribution in [2.45, 2.75) is 24.0 Å². The summed E-state index contributed by atoms with van der Waals surface area (Å²) in [5.74, 6) is 0.880. The predicted octanol–water partition coefficient (Wildman–Crippen LogP) is 1.09. The second-order valence-corrected chi connectivity index (χ2v) is 7.70. The molecule has 6 nitrogen and oxygen atoms in total. The van der Waals surface area contributed by atoms with Crippen LogP contribution in [-0.2, 0) is 10.0 Å². The highest BCUT2D eigenvalue weighted by atomic mass is 32.2. The Hall–Kier alpha value is -1.12. The van der Waals surface area contributed by atoms with Gasteiger partial charge in [0.15, 0.2) is 5.96 Å². The highest BCUT2D eigenvalue weighted by molar-refractivity contribution is 7.91. The van der Waals surface area contributed by atoms with E-state index in [-0.39, 0.29) is 0 Å². The Morgan fingerprint density at radius 3 is 2.81 bits per heavy atom. The molecular formula is C13H22N4O2S2. The first-order valence-corrected chi connectivity index (χ1v) is 9.56. The average Bonchev–Trinajstić information content (AvgIpc) is 3.14. The summed E-state index contributed by atoms with van der Waals surface area (Å²) in [7, 11) is -3.38. The quantitative estimate of drug-likeness (QED) is 0.465. The highest BCUT2D eigenvalue weighted by Gasteiger charge is 2.16. The summed E-state index contributed by atoms with van der Waals surface area (Å²) in [6, 6.07) is 3.33. The van der Waals surface area contributed by atoms with E-state index in [1.54, 1.807) is 17.5 Å². The first-order chi connectivity index (χ1) is 10.1. The summed E-state index contributed by atoms with van der Waals surface area (Å²) in [5, 5.41) is 5.00. The summed E-state index contributed by atoms with van der Waals surface area (Å²) in [4.78, 5) is 6.71. The van der Waals surface area contributed by atoms with Gasteiger partial charge in [-0.05, 0) is 31.2 Å². The Morgan fingerprint density at radius 1 is 1.43 bits per heavy atom. The minimum atomic E-state index is -3.38. The van der Waals surface area contributed by atoms with Crippen molar-refractivity contribution in [3.63, 3.8) is 0 Å². The number of rotatable bonds is 6. The molecule has 0 radical (unpaired) electrons. The van der Waals surface area contributed by atoms with Crippen molar-refractivity contribution in [2.75, 3.05) is 32.7 Å². The Labute approximate surface area is 130 Å². The summed E-state index contributed by atoms with van der Waals surface area (Å²) >= 11 is 1.22. The lowest BCUT2D eigenvalue weighted by Crippen LogP contribution is -2.40. The number of nitrogens with one attached hydrogen (secondary N) is 2. The van der Waals surface area contributed by atoms with Crippen molar-refractivity contribution in [1.29, 1.82) is 0 Å². The average molecular weight is 330 g/mol. The van der Waals surface area contributed by atoms with E-state index in [2.05, 4.69) is 19.9 Å². The molecule has 0 spiro atoms. The van der Waals surface area contributed by atoms with Gasteiger partial charge in [-0.1, -0.05) is 6.07 Å². The Bertz CT molecular complexity index is 549. The van der Waals surface area contributed by atoms with Crippen LogP contribution in [0, 0.1) is 0 Å². The molecule has 1 aliphatic heterocycles. The van der Waals surface area contributed by atoms with Crippen LogP contribution in [0.5, 0.6) is 0 Å². The fourth-order valence-corrected chi connectivity index (χ4v) is 4.24. The van der Waals surface area contributed by atoms with E-state index in [4.69, 9.17) is 0 Å². The van der Waals surface area contributed by atoms with Crippen molar-refractivity contribution in [1.82, 2.24) is 14.9 Å². The lowest BCUT2D eigenvalue weighted by Gasteiger charge is -2.20. The fraction of sp³-hybridized carbons (Fsp3) is 0.615. The van der Waals surface area contributed by atoms with Gasteiger partial charge in [0.05, 0.1) is 6.54 Å². The molecule has 0 aliphatic carbocycles. The van der Waals surface area contributed by atoms with Gasteiger partial charge in [-0.2, -0.15) is 0 Å². The van der Waals surface area contributed by atoms with Crippen molar-refractivity contribution in [2.24, 2.45) is 4.99 Å². The third kappa shape index (κ3) is 4.69. The Kier molecular flexibility index (Phi) is 6.01. The molecule has 2 rings (SSSR count). The number of sulfonamides is 1. The molecule has 1 saturated heterocycles. The van der Waals surface area contributed by atoms with Gasteiger partial charge in [0.1, 0.15) is 4.21 Å². The number of nitrogens with zero attached hydrogens (tertiary/aromatic N) is 2. The number of hydrogen-bond donors (Lipinski definition) is 2. The lowest BCUT2D eigenvalue weighted by molar-refractivity contribution is 0.493. The molecule has 21 heavy (non-hydrogen) atoms. The zero-order chi connectivity index (χ0) is 15.1. The first kappa shape index (κ1) is 16.3. The van der Waals surface area contributed by atoms with Crippen LogP contribution in [-0.4, -0.2) is 52.0 Å². The van der Waals surface area contributed by atoms with Gasteiger partial charge in [-0.25, -0.2) is 13.1 Å². The normalized spacial score (nSPS) is 16.4. The second kappa shape index (κ2) is 7.77. The number of likely N-dealkylation sites (tertiary alicyclic amines) is 1. The molecule has 2 N–H and O–H groups in total. The van der Waals surface area contributed by atoms with E-state index in [9.17, 15) is 8.42 Å². The van der Waals surface area contributed by atoms with E-state index in [0.717, 1.165) is 25.6 Å². The molecule has 0 unspecified atom stereocenters. The largest absolute Gasteiger partial charge is 0.357 e. The standard InChI is InChI=1S/C13H22N4O2S2/c1-2-14-13(17-9-3-4-10-17)15-7-8-16-21(18,19)12-6-5-11-20-12/h5-6,11,16H,2-4,7-10H2,1H3,(H,14,15). The van der Waals surface area contributed by atoms with Crippen LogP contribution in [0.4, 0.5) is 0 Å². The zero-order valence-corrected chi connectivity index (χ0v) is 13.8. The SMILES string of the molecule is CCNC(=NCCNS(=O)(=O)c1cccs1)N1CCCC1. The van der Waals surface area contributed by atoms with Gasteiger partial charge < -0.3 is 10.2 Å². The second-order valence-electron chi connectivity index (χ2n) is 4.76. The molecule has 0 aromatic carbocycles. The van der Waals surface area contributed by atoms with Crippen LogP contribution in [0.25, 0.3) is 0 Å². The van der Waals surface area contributed by atoms with Crippen LogP contribution in [0.2, 0.25) is 0 Å². The molecule has 8 heteroatoms. The van der Waals surface area contributed by atoms with Crippen LogP contribution < -0.4 is 10.0 Å². The lowest BCUT2D eigenvalue weighted by atomic mass is 10.4. The number of hydrogen-bond acceptors (Lipinski definition) is 4. The van der Waals surface area contributed by atoms with Crippen LogP contribution in [0.15, 0.2) is 26.7 Å². The number of guanidine groups is 1. The molecular weight excluding hydrogens is 308 g/mol. The maximum Gasteiger partial charge on any atom is 0.250 e. The van der Waals surface area contributed by atoms with Gasteiger partial charge >= 0.3 is 0 Å². The summed E-state index contributed by atoms with van der Waals surface area (Å²) in [5.41, 5.74) is 0. The zero-order valence-electron chi connectivity index (χ0n) is 12.2. The smallest absolute Gasteiger partial charge is 0.250 e. The van der Waals surface area contributed by atoms with Crippen LogP contribution in [0.1, 0.15) is 19.8 Å². The molecule has 0 saturated carbocycles. The molecule has 1 aliphatic rings. The Morgan fingerprint density at radius 2 is 2.19 bits per heavy atom. The summed E-state index contributed by atoms with van der Waals surface area (Å²) in [6.45, 7) is 5.63. The Balaban J connectivity index is 1.85. The molecule has 0 atom stereocenters. The van der Waals surface area contributed by atoms with Gasteiger partial charge in [-0.3, -0.25) is 4.99 Å². The van der Waals surface area contributed by atoms with Crippen molar-refractivity contribution in [3.8, 4) is 0 Å². The summed E-state index contributed by atoms with van der Waals surface area (Å²) < 4.78 is 26.8. The topological polar surface area (TPSA) is 73.8 Å². The predicted molar refractivity (Wildman–Crippen MR) is 86.3 cm³/mol. The third-order valence-electron chi connectivity index (χ3n) is 3.17. The molecule has 2 heterocycles.